The van der Waals surface area contributed by atoms with Crippen LogP contribution in [0.15, 0.2) is 24.3 Å². The molecule has 2 amide bonds. The summed E-state index contributed by atoms with van der Waals surface area (Å²) in [6.07, 6.45) is 6.70. The van der Waals surface area contributed by atoms with Crippen LogP contribution in [0.2, 0.25) is 0 Å². The van der Waals surface area contributed by atoms with Gasteiger partial charge >= 0.3 is 0 Å². The zero-order chi connectivity index (χ0) is 15.5. The molecule has 0 bridgehead atoms. The zero-order valence-electron chi connectivity index (χ0n) is 12.5. The Hall–Kier alpha value is -2.17. The lowest BCUT2D eigenvalue weighted by Gasteiger charge is -2.20. The van der Waals surface area contributed by atoms with E-state index in [-0.39, 0.29) is 18.5 Å². The van der Waals surface area contributed by atoms with E-state index < -0.39 is 11.7 Å². The second-order valence-corrected chi connectivity index (χ2v) is 5.99. The minimum absolute atomic E-state index is 0.0852. The Morgan fingerprint density at radius 1 is 1.09 bits per heavy atom. The van der Waals surface area contributed by atoms with Gasteiger partial charge in [0, 0.05) is 6.04 Å². The SMILES string of the molecule is O=C(CN1C(=O)C(=O)c2ccccc21)NC1CCCCCC1. The zero-order valence-corrected chi connectivity index (χ0v) is 12.5. The van der Waals surface area contributed by atoms with Crippen molar-refractivity contribution < 1.29 is 14.4 Å². The molecule has 1 aliphatic heterocycles. The van der Waals surface area contributed by atoms with Crippen LogP contribution in [-0.4, -0.2) is 30.2 Å². The highest BCUT2D eigenvalue weighted by molar-refractivity contribution is 6.52. The van der Waals surface area contributed by atoms with E-state index in [1.807, 2.05) is 0 Å². The molecule has 5 heteroatoms. The summed E-state index contributed by atoms with van der Waals surface area (Å²) >= 11 is 0. The number of amides is 2. The quantitative estimate of drug-likeness (QED) is 0.686. The highest BCUT2D eigenvalue weighted by atomic mass is 16.2. The molecule has 1 heterocycles. The van der Waals surface area contributed by atoms with Crippen LogP contribution in [0.25, 0.3) is 0 Å². The van der Waals surface area contributed by atoms with Crippen molar-refractivity contribution in [2.75, 3.05) is 11.4 Å². The van der Waals surface area contributed by atoms with E-state index in [1.54, 1.807) is 24.3 Å². The number of nitrogens with zero attached hydrogens (tertiary/aromatic N) is 1. The first-order chi connectivity index (χ1) is 10.7. The van der Waals surface area contributed by atoms with Crippen LogP contribution >= 0.6 is 0 Å². The van der Waals surface area contributed by atoms with E-state index in [2.05, 4.69) is 5.32 Å². The molecule has 22 heavy (non-hydrogen) atoms. The van der Waals surface area contributed by atoms with E-state index >= 15 is 0 Å². The van der Waals surface area contributed by atoms with Crippen molar-refractivity contribution in [1.29, 1.82) is 0 Å². The lowest BCUT2D eigenvalue weighted by atomic mass is 10.1. The van der Waals surface area contributed by atoms with E-state index in [1.165, 1.54) is 17.7 Å². The van der Waals surface area contributed by atoms with Crippen molar-refractivity contribution >= 4 is 23.3 Å². The largest absolute Gasteiger partial charge is 0.352 e. The summed E-state index contributed by atoms with van der Waals surface area (Å²) in [4.78, 5) is 37.4. The Bertz CT molecular complexity index is 604. The predicted molar refractivity (Wildman–Crippen MR) is 82.8 cm³/mol. The number of benzene rings is 1. The highest BCUT2D eigenvalue weighted by Crippen LogP contribution is 2.28. The summed E-state index contributed by atoms with van der Waals surface area (Å²) < 4.78 is 0. The molecule has 1 N–H and O–H groups in total. The Balaban J connectivity index is 1.66. The fourth-order valence-electron chi connectivity index (χ4n) is 3.25. The van der Waals surface area contributed by atoms with Gasteiger partial charge in [-0.2, -0.15) is 0 Å². The van der Waals surface area contributed by atoms with Gasteiger partial charge < -0.3 is 5.32 Å². The maximum absolute atomic E-state index is 12.2. The number of carbonyl (C=O) groups excluding carboxylic acids is 3. The first-order valence-electron chi connectivity index (χ1n) is 7.91. The first-order valence-corrected chi connectivity index (χ1v) is 7.91. The fourth-order valence-corrected chi connectivity index (χ4v) is 3.25. The second-order valence-electron chi connectivity index (χ2n) is 5.99. The van der Waals surface area contributed by atoms with Crippen LogP contribution in [-0.2, 0) is 9.59 Å². The summed E-state index contributed by atoms with van der Waals surface area (Å²) in [6.45, 7) is -0.0852. The molecule has 0 saturated heterocycles. The smallest absolute Gasteiger partial charge is 0.299 e. The van der Waals surface area contributed by atoms with Gasteiger partial charge in [-0.05, 0) is 25.0 Å². The summed E-state index contributed by atoms with van der Waals surface area (Å²) in [7, 11) is 0. The number of hydrogen-bond donors (Lipinski definition) is 1. The molecule has 1 fully saturated rings. The van der Waals surface area contributed by atoms with E-state index in [9.17, 15) is 14.4 Å². The van der Waals surface area contributed by atoms with Crippen LogP contribution in [0, 0.1) is 0 Å². The Labute approximate surface area is 129 Å². The van der Waals surface area contributed by atoms with Crippen LogP contribution < -0.4 is 10.2 Å². The average Bonchev–Trinajstić information content (AvgIpc) is 2.72. The lowest BCUT2D eigenvalue weighted by Crippen LogP contribution is -2.43. The molecule has 3 rings (SSSR count). The van der Waals surface area contributed by atoms with Gasteiger partial charge in [0.15, 0.2) is 0 Å². The van der Waals surface area contributed by atoms with Gasteiger partial charge in [0.05, 0.1) is 11.3 Å². The van der Waals surface area contributed by atoms with E-state index in [0.29, 0.717) is 11.3 Å². The number of ketones is 1. The molecule has 1 saturated carbocycles. The van der Waals surface area contributed by atoms with Gasteiger partial charge in [-0.3, -0.25) is 19.3 Å². The van der Waals surface area contributed by atoms with Crippen molar-refractivity contribution in [2.24, 2.45) is 0 Å². The molecule has 0 radical (unpaired) electrons. The van der Waals surface area contributed by atoms with E-state index in [4.69, 9.17) is 0 Å². The molecule has 1 aliphatic carbocycles. The maximum Gasteiger partial charge on any atom is 0.299 e. The molecule has 1 aromatic carbocycles. The first kappa shape index (κ1) is 14.8. The molecule has 2 aliphatic rings. The fraction of sp³-hybridized carbons (Fsp3) is 0.471. The monoisotopic (exact) mass is 300 g/mol. The molecule has 0 atom stereocenters. The van der Waals surface area contributed by atoms with Gasteiger partial charge in [-0.1, -0.05) is 37.8 Å². The molecule has 5 nitrogen and oxygen atoms in total. The standard InChI is InChI=1S/C17H20N2O3/c20-15(18-12-7-3-1-2-4-8-12)11-19-14-10-6-5-9-13(14)16(21)17(19)22/h5-6,9-10,12H,1-4,7-8,11H2,(H,18,20). The summed E-state index contributed by atoms with van der Waals surface area (Å²) in [5.41, 5.74) is 0.920. The highest BCUT2D eigenvalue weighted by Gasteiger charge is 2.36. The van der Waals surface area contributed by atoms with Crippen LogP contribution in [0.5, 0.6) is 0 Å². The molecular formula is C17H20N2O3. The lowest BCUT2D eigenvalue weighted by molar-refractivity contribution is -0.122. The van der Waals surface area contributed by atoms with Crippen molar-refractivity contribution in [3.63, 3.8) is 0 Å². The van der Waals surface area contributed by atoms with Crippen LogP contribution in [0.4, 0.5) is 5.69 Å². The van der Waals surface area contributed by atoms with Gasteiger partial charge in [0.25, 0.3) is 11.7 Å². The van der Waals surface area contributed by atoms with Gasteiger partial charge in [-0.25, -0.2) is 0 Å². The maximum atomic E-state index is 12.2. The third kappa shape index (κ3) is 2.89. The minimum Gasteiger partial charge on any atom is -0.352 e. The third-order valence-electron chi connectivity index (χ3n) is 4.40. The number of nitrogens with one attached hydrogen (secondary N) is 1. The summed E-state index contributed by atoms with van der Waals surface area (Å²) in [5, 5.41) is 3.01. The molecule has 0 spiro atoms. The van der Waals surface area contributed by atoms with Gasteiger partial charge in [-0.15, -0.1) is 0 Å². The predicted octanol–water partition coefficient (Wildman–Crippen LogP) is 2.05. The number of carbonyl (C=O) groups is 3. The topological polar surface area (TPSA) is 66.5 Å². The van der Waals surface area contributed by atoms with Crippen molar-refractivity contribution in [3.8, 4) is 0 Å². The minimum atomic E-state index is -0.614. The summed E-state index contributed by atoms with van der Waals surface area (Å²) in [5.74, 6) is -1.33. The van der Waals surface area contributed by atoms with Gasteiger partial charge in [0.2, 0.25) is 5.91 Å². The van der Waals surface area contributed by atoms with Crippen molar-refractivity contribution in [3.05, 3.63) is 29.8 Å². The Kier molecular flexibility index (Phi) is 4.22. The van der Waals surface area contributed by atoms with E-state index in [0.717, 1.165) is 25.7 Å². The van der Waals surface area contributed by atoms with Crippen LogP contribution in [0.3, 0.4) is 0 Å². The average molecular weight is 300 g/mol. The molecule has 0 aromatic heterocycles. The number of fused-ring (bicyclic) bond motifs is 1. The molecular weight excluding hydrogens is 280 g/mol. The Morgan fingerprint density at radius 2 is 1.77 bits per heavy atom. The number of Topliss-reactive ketones (excluding diaryl/α,β-unsaturated/α-hetero) is 1. The second kappa shape index (κ2) is 6.30. The number of para-hydroxylation sites is 1. The van der Waals surface area contributed by atoms with Crippen molar-refractivity contribution in [2.45, 2.75) is 44.6 Å². The van der Waals surface area contributed by atoms with Crippen molar-refractivity contribution in [1.82, 2.24) is 5.32 Å². The van der Waals surface area contributed by atoms with Gasteiger partial charge in [0.1, 0.15) is 6.54 Å². The molecule has 0 unspecified atom stereocenters. The number of rotatable bonds is 3. The normalized spacial score (nSPS) is 19.0. The molecule has 1 aromatic rings. The third-order valence-corrected chi connectivity index (χ3v) is 4.40. The molecule has 116 valence electrons. The number of hydrogen-bond acceptors (Lipinski definition) is 3. The van der Waals surface area contributed by atoms with Crippen LogP contribution in [0.1, 0.15) is 48.9 Å². The number of anilines is 1. The summed E-state index contributed by atoms with van der Waals surface area (Å²) in [6, 6.07) is 7.01. The Morgan fingerprint density at radius 3 is 2.50 bits per heavy atom.